The van der Waals surface area contributed by atoms with Gasteiger partial charge in [-0.1, -0.05) is 30.3 Å². The molecule has 2 aromatic rings. The molecule has 1 heterocycles. The van der Waals surface area contributed by atoms with Crippen LogP contribution in [0.25, 0.3) is 0 Å². The molecule has 0 saturated carbocycles. The van der Waals surface area contributed by atoms with Crippen LogP contribution in [0.5, 0.6) is 0 Å². The van der Waals surface area contributed by atoms with Gasteiger partial charge in [0.1, 0.15) is 0 Å². The Kier molecular flexibility index (Phi) is 4.57. The average molecular weight is 338 g/mol. The first-order valence-electron chi connectivity index (χ1n) is 5.88. The van der Waals surface area contributed by atoms with Crippen LogP contribution in [-0.2, 0) is 4.79 Å². The molecule has 104 valence electrons. The molecule has 1 atom stereocenters. The van der Waals surface area contributed by atoms with Gasteiger partial charge in [-0.2, -0.15) is 0 Å². The second-order valence-electron chi connectivity index (χ2n) is 4.12. The second kappa shape index (κ2) is 6.38. The first-order valence-corrected chi connectivity index (χ1v) is 6.68. The molecule has 1 unspecified atom stereocenters. The molecule has 2 N–H and O–H groups in total. The number of hydrogen-bond donors (Lipinski definition) is 2. The van der Waals surface area contributed by atoms with E-state index in [2.05, 4.69) is 21.2 Å². The van der Waals surface area contributed by atoms with E-state index in [4.69, 9.17) is 4.42 Å². The maximum Gasteiger partial charge on any atom is 0.312 e. The minimum atomic E-state index is -0.984. The Bertz CT molecular complexity index is 609. The van der Waals surface area contributed by atoms with Crippen molar-refractivity contribution in [3.05, 3.63) is 58.5 Å². The lowest BCUT2D eigenvalue weighted by Gasteiger charge is -2.13. The molecule has 0 spiro atoms. The van der Waals surface area contributed by atoms with E-state index in [-0.39, 0.29) is 12.5 Å². The highest BCUT2D eigenvalue weighted by atomic mass is 79.9. The topological polar surface area (TPSA) is 79.5 Å². The van der Waals surface area contributed by atoms with Gasteiger partial charge in [0, 0.05) is 6.54 Å². The number of benzene rings is 1. The fraction of sp³-hybridized carbons (Fsp3) is 0.143. The molecular weight excluding hydrogens is 326 g/mol. The van der Waals surface area contributed by atoms with E-state index in [0.29, 0.717) is 15.8 Å². The Hall–Kier alpha value is -2.08. The van der Waals surface area contributed by atoms with Crippen LogP contribution < -0.4 is 5.32 Å². The van der Waals surface area contributed by atoms with Crippen molar-refractivity contribution in [2.75, 3.05) is 6.54 Å². The average Bonchev–Trinajstić information content (AvgIpc) is 2.86. The third kappa shape index (κ3) is 3.27. The summed E-state index contributed by atoms with van der Waals surface area (Å²) in [4.78, 5) is 23.2. The molecule has 20 heavy (non-hydrogen) atoms. The zero-order chi connectivity index (χ0) is 14.5. The summed E-state index contributed by atoms with van der Waals surface area (Å²) in [5, 5.41) is 11.8. The van der Waals surface area contributed by atoms with E-state index in [1.807, 2.05) is 6.07 Å². The van der Waals surface area contributed by atoms with Crippen molar-refractivity contribution in [1.29, 1.82) is 0 Å². The summed E-state index contributed by atoms with van der Waals surface area (Å²) < 4.78 is 5.28. The molecule has 1 amide bonds. The fourth-order valence-electron chi connectivity index (χ4n) is 1.78. The smallest absolute Gasteiger partial charge is 0.312 e. The minimum Gasteiger partial charge on any atom is -0.481 e. The normalized spacial score (nSPS) is 11.8. The molecule has 5 nitrogen and oxygen atoms in total. The number of furan rings is 1. The van der Waals surface area contributed by atoms with Crippen LogP contribution >= 0.6 is 15.9 Å². The van der Waals surface area contributed by atoms with E-state index in [9.17, 15) is 14.7 Å². The molecule has 0 bridgehead atoms. The molecule has 2 rings (SSSR count). The van der Waals surface area contributed by atoms with Gasteiger partial charge in [-0.05, 0) is 27.6 Å². The summed E-state index contributed by atoms with van der Waals surface area (Å²) in [6.45, 7) is 0.00972. The molecule has 1 aromatic heterocycles. The number of carbonyl (C=O) groups is 2. The number of nitrogens with one attached hydrogen (secondary N) is 1. The van der Waals surface area contributed by atoms with Crippen molar-refractivity contribution < 1.29 is 19.1 Å². The highest BCUT2D eigenvalue weighted by Crippen LogP contribution is 2.18. The standard InChI is InChI=1S/C14H12BrNO4/c15-12-10(6-7-20-12)13(17)16-8-11(14(18)19)9-4-2-1-3-5-9/h1-7,11H,8H2,(H,16,17)(H,18,19). The lowest BCUT2D eigenvalue weighted by molar-refractivity contribution is -0.138. The van der Waals surface area contributed by atoms with Gasteiger partial charge in [0.15, 0.2) is 4.67 Å². The predicted octanol–water partition coefficient (Wildman–Crippen LogP) is 2.64. The van der Waals surface area contributed by atoms with Crippen LogP contribution in [0.3, 0.4) is 0 Å². The van der Waals surface area contributed by atoms with Crippen molar-refractivity contribution >= 4 is 27.8 Å². The van der Waals surface area contributed by atoms with Gasteiger partial charge in [0.25, 0.3) is 5.91 Å². The van der Waals surface area contributed by atoms with Gasteiger partial charge < -0.3 is 14.8 Å². The largest absolute Gasteiger partial charge is 0.481 e. The molecule has 6 heteroatoms. The molecule has 0 saturated heterocycles. The van der Waals surface area contributed by atoms with Crippen LogP contribution in [-0.4, -0.2) is 23.5 Å². The molecule has 1 aromatic carbocycles. The maximum atomic E-state index is 11.9. The number of carboxylic acid groups (broad SMARTS) is 1. The summed E-state index contributed by atoms with van der Waals surface area (Å²) in [5.74, 6) is -2.15. The molecule has 0 fully saturated rings. The summed E-state index contributed by atoms with van der Waals surface area (Å²) in [7, 11) is 0. The second-order valence-corrected chi connectivity index (χ2v) is 4.84. The maximum absolute atomic E-state index is 11.9. The van der Waals surface area contributed by atoms with Crippen LogP contribution in [0.15, 0.2) is 51.7 Å². The molecule has 0 aliphatic rings. The highest BCUT2D eigenvalue weighted by Gasteiger charge is 2.21. The van der Waals surface area contributed by atoms with Crippen molar-refractivity contribution in [2.24, 2.45) is 0 Å². The number of aliphatic carboxylic acids is 1. The molecular formula is C14H12BrNO4. The van der Waals surface area contributed by atoms with Gasteiger partial charge in [-0.15, -0.1) is 0 Å². The number of hydrogen-bond acceptors (Lipinski definition) is 3. The lowest BCUT2D eigenvalue weighted by atomic mass is 9.99. The van der Waals surface area contributed by atoms with E-state index in [1.165, 1.54) is 12.3 Å². The monoisotopic (exact) mass is 337 g/mol. The van der Waals surface area contributed by atoms with Crippen LogP contribution in [0, 0.1) is 0 Å². The molecule has 0 aliphatic heterocycles. The van der Waals surface area contributed by atoms with Crippen LogP contribution in [0.4, 0.5) is 0 Å². The van der Waals surface area contributed by atoms with Crippen molar-refractivity contribution in [3.63, 3.8) is 0 Å². The van der Waals surface area contributed by atoms with Crippen molar-refractivity contribution in [3.8, 4) is 0 Å². The Morgan fingerprint density at radius 2 is 1.95 bits per heavy atom. The third-order valence-corrected chi connectivity index (χ3v) is 3.44. The summed E-state index contributed by atoms with van der Waals surface area (Å²) in [6, 6.07) is 10.3. The minimum absolute atomic E-state index is 0.00972. The zero-order valence-corrected chi connectivity index (χ0v) is 12.0. The number of carbonyl (C=O) groups excluding carboxylic acids is 1. The summed E-state index contributed by atoms with van der Waals surface area (Å²) >= 11 is 3.10. The quantitative estimate of drug-likeness (QED) is 0.878. The van der Waals surface area contributed by atoms with Gasteiger partial charge in [-0.25, -0.2) is 0 Å². The van der Waals surface area contributed by atoms with E-state index < -0.39 is 11.9 Å². The van der Waals surface area contributed by atoms with Crippen molar-refractivity contribution in [2.45, 2.75) is 5.92 Å². The third-order valence-electron chi connectivity index (χ3n) is 2.83. The van der Waals surface area contributed by atoms with Gasteiger partial charge in [-0.3, -0.25) is 9.59 Å². The SMILES string of the molecule is O=C(NCC(C(=O)O)c1ccccc1)c1ccoc1Br. The summed E-state index contributed by atoms with van der Waals surface area (Å²) in [6.07, 6.45) is 1.38. The predicted molar refractivity (Wildman–Crippen MR) is 75.6 cm³/mol. The number of rotatable bonds is 5. The van der Waals surface area contributed by atoms with Crippen molar-refractivity contribution in [1.82, 2.24) is 5.32 Å². The zero-order valence-electron chi connectivity index (χ0n) is 10.4. The highest BCUT2D eigenvalue weighted by molar-refractivity contribution is 9.10. The summed E-state index contributed by atoms with van der Waals surface area (Å²) in [5.41, 5.74) is 0.980. The number of carboxylic acids is 1. The van der Waals surface area contributed by atoms with Gasteiger partial charge in [0.2, 0.25) is 0 Å². The molecule has 0 aliphatic carbocycles. The Morgan fingerprint density at radius 3 is 2.50 bits per heavy atom. The van der Waals surface area contributed by atoms with E-state index in [1.54, 1.807) is 24.3 Å². The Balaban J connectivity index is 2.06. The van der Waals surface area contributed by atoms with E-state index in [0.717, 1.165) is 0 Å². The van der Waals surface area contributed by atoms with Gasteiger partial charge in [0.05, 0.1) is 17.7 Å². The Morgan fingerprint density at radius 1 is 1.25 bits per heavy atom. The lowest BCUT2D eigenvalue weighted by Crippen LogP contribution is -2.31. The fourth-order valence-corrected chi connectivity index (χ4v) is 2.20. The first kappa shape index (κ1) is 14.3. The van der Waals surface area contributed by atoms with Crippen LogP contribution in [0.2, 0.25) is 0 Å². The van der Waals surface area contributed by atoms with E-state index >= 15 is 0 Å². The van der Waals surface area contributed by atoms with Gasteiger partial charge >= 0.3 is 5.97 Å². The van der Waals surface area contributed by atoms with Crippen LogP contribution in [0.1, 0.15) is 21.8 Å². The first-order chi connectivity index (χ1) is 9.59. The number of amides is 1. The Labute approximate surface area is 123 Å². The number of halogens is 1. The molecule has 0 radical (unpaired) electrons.